The van der Waals surface area contributed by atoms with Gasteiger partial charge in [0, 0.05) is 11.1 Å². The molecule has 4 atom stereocenters. The molecular weight excluding hydrogens is 344 g/mol. The molecule has 0 aliphatic heterocycles. The van der Waals surface area contributed by atoms with Crippen LogP contribution in [0.25, 0.3) is 0 Å². The van der Waals surface area contributed by atoms with Crippen LogP contribution in [0.5, 0.6) is 0 Å². The fraction of sp³-hybridized carbons (Fsp3) is 0.222. The van der Waals surface area contributed by atoms with Crippen LogP contribution in [0.1, 0.15) is 23.7 Å². The summed E-state index contributed by atoms with van der Waals surface area (Å²) < 4.78 is 9.99. The van der Waals surface area contributed by atoms with Crippen molar-refractivity contribution in [2.24, 2.45) is 0 Å². The van der Waals surface area contributed by atoms with Gasteiger partial charge in [-0.25, -0.2) is 9.59 Å². The Bertz CT molecular complexity index is 655. The molecule has 2 aromatic carbocycles. The second-order valence-electron chi connectivity index (χ2n) is 5.32. The van der Waals surface area contributed by atoms with Crippen molar-refractivity contribution < 1.29 is 39.5 Å². The van der Waals surface area contributed by atoms with E-state index in [0.29, 0.717) is 0 Å². The van der Waals surface area contributed by atoms with Crippen LogP contribution in [0.3, 0.4) is 0 Å². The Morgan fingerprint density at radius 1 is 0.654 bits per heavy atom. The number of benzene rings is 2. The number of hydrogen-bond donors (Lipinski definition) is 4. The molecular formula is C18H18O8. The van der Waals surface area contributed by atoms with Crippen molar-refractivity contribution in [1.82, 2.24) is 0 Å². The van der Waals surface area contributed by atoms with Gasteiger partial charge < -0.3 is 29.9 Å². The molecule has 0 aliphatic rings. The van der Waals surface area contributed by atoms with E-state index in [9.17, 15) is 30.0 Å². The Kier molecular flexibility index (Phi) is 6.81. The van der Waals surface area contributed by atoms with Crippen molar-refractivity contribution >= 4 is 11.9 Å². The maximum Gasteiger partial charge on any atom is 0.336 e. The molecule has 8 heteroatoms. The van der Waals surface area contributed by atoms with E-state index in [4.69, 9.17) is 9.47 Å². The van der Waals surface area contributed by atoms with Crippen LogP contribution in [0.4, 0.5) is 0 Å². The normalized spacial score (nSPS) is 15.6. The lowest BCUT2D eigenvalue weighted by atomic mass is 10.1. The summed E-state index contributed by atoms with van der Waals surface area (Å²) in [6, 6.07) is 15.7. The van der Waals surface area contributed by atoms with Crippen LogP contribution < -0.4 is 0 Å². The Morgan fingerprint density at radius 2 is 0.962 bits per heavy atom. The minimum atomic E-state index is -2.05. The third kappa shape index (κ3) is 5.11. The van der Waals surface area contributed by atoms with Crippen LogP contribution in [0.2, 0.25) is 0 Å². The monoisotopic (exact) mass is 362 g/mol. The van der Waals surface area contributed by atoms with Crippen LogP contribution in [-0.4, -0.2) is 44.6 Å². The van der Waals surface area contributed by atoms with Gasteiger partial charge in [-0.05, 0) is 0 Å². The van der Waals surface area contributed by atoms with E-state index in [-0.39, 0.29) is 11.1 Å². The molecule has 0 radical (unpaired) electrons. The maximum atomic E-state index is 11.5. The second-order valence-corrected chi connectivity index (χ2v) is 5.32. The lowest BCUT2D eigenvalue weighted by Crippen LogP contribution is -2.45. The number of aliphatic hydroxyl groups excluding tert-OH is 2. The predicted molar refractivity (Wildman–Crippen MR) is 87.8 cm³/mol. The zero-order chi connectivity index (χ0) is 19.1. The number of carbonyl (C=O) groups is 2. The summed E-state index contributed by atoms with van der Waals surface area (Å²) in [5.74, 6) is -3.32. The first kappa shape index (κ1) is 19.5. The molecule has 138 valence electrons. The van der Waals surface area contributed by atoms with Crippen molar-refractivity contribution in [2.75, 3.05) is 0 Å². The number of hydrogen-bond acceptors (Lipinski definition) is 6. The van der Waals surface area contributed by atoms with Gasteiger partial charge in [0.2, 0.25) is 0 Å². The molecule has 0 saturated carbocycles. The largest absolute Gasteiger partial charge is 0.479 e. The Balaban J connectivity index is 2.17. The fourth-order valence-electron chi connectivity index (χ4n) is 2.19. The number of aliphatic hydroxyl groups is 2. The van der Waals surface area contributed by atoms with Gasteiger partial charge in [-0.1, -0.05) is 60.7 Å². The summed E-state index contributed by atoms with van der Waals surface area (Å²) in [6.07, 6.45) is -7.48. The van der Waals surface area contributed by atoms with Crippen LogP contribution >= 0.6 is 0 Å². The minimum Gasteiger partial charge on any atom is -0.479 e. The Hall–Kier alpha value is -2.78. The average Bonchev–Trinajstić information content (AvgIpc) is 2.65. The van der Waals surface area contributed by atoms with Gasteiger partial charge in [0.25, 0.3) is 0 Å². The number of aliphatic carboxylic acids is 2. The van der Waals surface area contributed by atoms with Gasteiger partial charge in [-0.15, -0.1) is 0 Å². The molecule has 0 spiro atoms. The lowest BCUT2D eigenvalue weighted by molar-refractivity contribution is -0.228. The Labute approximate surface area is 148 Å². The third-order valence-corrected chi connectivity index (χ3v) is 3.48. The molecule has 0 aromatic heterocycles. The third-order valence-electron chi connectivity index (χ3n) is 3.48. The second kappa shape index (κ2) is 9.07. The minimum absolute atomic E-state index is 0.242. The molecule has 0 heterocycles. The zero-order valence-corrected chi connectivity index (χ0v) is 13.5. The van der Waals surface area contributed by atoms with E-state index in [1.54, 1.807) is 36.4 Å². The lowest BCUT2D eigenvalue weighted by Gasteiger charge is -2.25. The summed E-state index contributed by atoms with van der Waals surface area (Å²) in [7, 11) is 0. The van der Waals surface area contributed by atoms with E-state index in [2.05, 4.69) is 0 Å². The van der Waals surface area contributed by atoms with Crippen molar-refractivity contribution in [2.45, 2.75) is 24.8 Å². The quantitative estimate of drug-likeness (QED) is 0.491. The molecule has 2 aromatic rings. The standard InChI is InChI=1S/C18H18O8/c19-15(20)13(25-17(23)11-7-3-1-4-8-11)14(16(21)22)26-18(24)12-9-5-2-6-10-12/h1-10,13-14,17-18,23-24H,(H,19,20)(H,21,22)/t13-,14-,17?,18?/m1/s1. The van der Waals surface area contributed by atoms with Gasteiger partial charge in [0.15, 0.2) is 24.8 Å². The predicted octanol–water partition coefficient (Wildman–Crippen LogP) is 1.31. The van der Waals surface area contributed by atoms with Crippen molar-refractivity contribution in [3.8, 4) is 0 Å². The maximum absolute atomic E-state index is 11.5. The van der Waals surface area contributed by atoms with E-state index >= 15 is 0 Å². The number of carboxylic acids is 2. The molecule has 8 nitrogen and oxygen atoms in total. The molecule has 0 aliphatic carbocycles. The van der Waals surface area contributed by atoms with E-state index in [1.807, 2.05) is 0 Å². The molecule has 2 rings (SSSR count). The molecule has 0 fully saturated rings. The van der Waals surface area contributed by atoms with Gasteiger partial charge in [-0.2, -0.15) is 0 Å². The van der Waals surface area contributed by atoms with Crippen molar-refractivity contribution in [1.29, 1.82) is 0 Å². The first-order chi connectivity index (χ1) is 12.4. The molecule has 4 N–H and O–H groups in total. The topological polar surface area (TPSA) is 134 Å². The first-order valence-corrected chi connectivity index (χ1v) is 7.62. The highest BCUT2D eigenvalue weighted by Gasteiger charge is 2.39. The molecule has 0 amide bonds. The smallest absolute Gasteiger partial charge is 0.336 e. The summed E-state index contributed by atoms with van der Waals surface area (Å²) in [5, 5.41) is 38.7. The first-order valence-electron chi connectivity index (χ1n) is 7.62. The van der Waals surface area contributed by atoms with Gasteiger partial charge >= 0.3 is 11.9 Å². The van der Waals surface area contributed by atoms with Crippen LogP contribution in [0.15, 0.2) is 60.7 Å². The number of ether oxygens (including phenoxy) is 2. The fourth-order valence-corrected chi connectivity index (χ4v) is 2.19. The summed E-state index contributed by atoms with van der Waals surface area (Å²) in [6.45, 7) is 0. The van der Waals surface area contributed by atoms with Crippen molar-refractivity contribution in [3.05, 3.63) is 71.8 Å². The molecule has 0 bridgehead atoms. The van der Waals surface area contributed by atoms with Gasteiger partial charge in [0.05, 0.1) is 0 Å². The highest BCUT2D eigenvalue weighted by atomic mass is 16.7. The molecule has 0 saturated heterocycles. The number of rotatable bonds is 9. The van der Waals surface area contributed by atoms with E-state index in [1.165, 1.54) is 24.3 Å². The highest BCUT2D eigenvalue weighted by molar-refractivity contribution is 5.83. The van der Waals surface area contributed by atoms with Crippen molar-refractivity contribution in [3.63, 3.8) is 0 Å². The highest BCUT2D eigenvalue weighted by Crippen LogP contribution is 2.23. The van der Waals surface area contributed by atoms with E-state index < -0.39 is 36.7 Å². The summed E-state index contributed by atoms with van der Waals surface area (Å²) in [5.41, 5.74) is 0.484. The van der Waals surface area contributed by atoms with Crippen LogP contribution in [0, 0.1) is 0 Å². The average molecular weight is 362 g/mol. The molecule has 2 unspecified atom stereocenters. The zero-order valence-electron chi connectivity index (χ0n) is 13.5. The SMILES string of the molecule is O=C(O)[C@H](OC(O)c1ccccc1)[C@@H](OC(O)c1ccccc1)C(=O)O. The van der Waals surface area contributed by atoms with E-state index in [0.717, 1.165) is 0 Å². The number of carboxylic acid groups (broad SMARTS) is 2. The summed E-state index contributed by atoms with van der Waals surface area (Å²) in [4.78, 5) is 22.9. The van der Waals surface area contributed by atoms with Gasteiger partial charge in [-0.3, -0.25) is 0 Å². The van der Waals surface area contributed by atoms with Gasteiger partial charge in [0.1, 0.15) is 0 Å². The summed E-state index contributed by atoms with van der Waals surface area (Å²) >= 11 is 0. The molecule has 26 heavy (non-hydrogen) atoms. The Morgan fingerprint density at radius 3 is 1.23 bits per heavy atom. The van der Waals surface area contributed by atoms with Crippen LogP contribution in [-0.2, 0) is 19.1 Å².